The van der Waals surface area contributed by atoms with Crippen molar-refractivity contribution in [2.24, 2.45) is 0 Å². The number of anilines is 1. The standard InChI is InChI=1S/C22H23FN6O2/c1-14-10-28(19-6-4-15(23)8-18(14)19)17-11-27(12-17)22-26-25-20(13-30-2)29(22)16-5-7-21(31-3)24-9-16/h4-10,17H,11-13H2,1-3H3. The molecule has 3 aromatic heterocycles. The first-order valence-electron chi connectivity index (χ1n) is 10.0. The summed E-state index contributed by atoms with van der Waals surface area (Å²) in [6.07, 6.45) is 3.83. The maximum absolute atomic E-state index is 13.7. The molecule has 4 heterocycles. The molecule has 1 aliphatic heterocycles. The van der Waals surface area contributed by atoms with Crippen LogP contribution in [0.2, 0.25) is 0 Å². The Kier molecular flexibility index (Phi) is 4.82. The van der Waals surface area contributed by atoms with Gasteiger partial charge in [-0.05, 0) is 36.8 Å². The zero-order valence-electron chi connectivity index (χ0n) is 17.6. The zero-order chi connectivity index (χ0) is 21.5. The molecule has 0 atom stereocenters. The fraction of sp³-hybridized carbons (Fsp3) is 0.318. The highest BCUT2D eigenvalue weighted by molar-refractivity contribution is 5.84. The molecule has 1 aliphatic rings. The number of hydrogen-bond acceptors (Lipinski definition) is 6. The summed E-state index contributed by atoms with van der Waals surface area (Å²) < 4.78 is 28.3. The summed E-state index contributed by atoms with van der Waals surface area (Å²) in [6, 6.07) is 8.96. The highest BCUT2D eigenvalue weighted by Gasteiger charge is 2.33. The normalized spacial score (nSPS) is 14.3. The van der Waals surface area contributed by atoms with Crippen LogP contribution in [0.3, 0.4) is 0 Å². The topological polar surface area (TPSA) is 70.2 Å². The van der Waals surface area contributed by atoms with Gasteiger partial charge in [0.1, 0.15) is 12.4 Å². The molecule has 31 heavy (non-hydrogen) atoms. The number of methoxy groups -OCH3 is 2. The number of hydrogen-bond donors (Lipinski definition) is 0. The monoisotopic (exact) mass is 422 g/mol. The molecule has 8 nitrogen and oxygen atoms in total. The summed E-state index contributed by atoms with van der Waals surface area (Å²) in [5.41, 5.74) is 2.96. The first-order chi connectivity index (χ1) is 15.1. The number of nitrogens with zero attached hydrogens (tertiary/aromatic N) is 6. The number of fused-ring (bicyclic) bond motifs is 1. The zero-order valence-corrected chi connectivity index (χ0v) is 17.6. The Balaban J connectivity index is 1.44. The van der Waals surface area contributed by atoms with E-state index >= 15 is 0 Å². The molecule has 0 radical (unpaired) electrons. The van der Waals surface area contributed by atoms with Crippen LogP contribution in [0.5, 0.6) is 5.88 Å². The Morgan fingerprint density at radius 3 is 2.68 bits per heavy atom. The second-order valence-electron chi connectivity index (χ2n) is 7.68. The SMILES string of the molecule is COCc1nnc(N2CC(n3cc(C)c4cc(F)ccc43)C2)n1-c1ccc(OC)nc1. The van der Waals surface area contributed by atoms with E-state index in [4.69, 9.17) is 9.47 Å². The van der Waals surface area contributed by atoms with Crippen LogP contribution in [0, 0.1) is 12.7 Å². The minimum absolute atomic E-state index is 0.213. The molecule has 1 saturated heterocycles. The summed E-state index contributed by atoms with van der Waals surface area (Å²) in [4.78, 5) is 6.48. The Bertz CT molecular complexity index is 1230. The first kappa shape index (κ1) is 19.5. The van der Waals surface area contributed by atoms with Crippen LogP contribution in [0.1, 0.15) is 17.4 Å². The molecule has 0 aliphatic carbocycles. The van der Waals surface area contributed by atoms with E-state index in [9.17, 15) is 4.39 Å². The van der Waals surface area contributed by atoms with E-state index in [1.165, 1.54) is 6.07 Å². The van der Waals surface area contributed by atoms with Gasteiger partial charge in [-0.3, -0.25) is 4.57 Å². The van der Waals surface area contributed by atoms with Crippen LogP contribution in [-0.2, 0) is 11.3 Å². The molecule has 0 amide bonds. The van der Waals surface area contributed by atoms with Gasteiger partial charge in [-0.15, -0.1) is 10.2 Å². The van der Waals surface area contributed by atoms with Gasteiger partial charge in [0.2, 0.25) is 11.8 Å². The van der Waals surface area contributed by atoms with Crippen molar-refractivity contribution in [1.82, 2.24) is 24.3 Å². The largest absolute Gasteiger partial charge is 0.481 e. The third kappa shape index (κ3) is 3.31. The molecule has 1 fully saturated rings. The minimum Gasteiger partial charge on any atom is -0.481 e. The second-order valence-corrected chi connectivity index (χ2v) is 7.68. The van der Waals surface area contributed by atoms with Gasteiger partial charge in [-0.2, -0.15) is 0 Å². The quantitative estimate of drug-likeness (QED) is 0.475. The van der Waals surface area contributed by atoms with Crippen LogP contribution in [0.4, 0.5) is 10.3 Å². The molecule has 0 bridgehead atoms. The number of ether oxygens (including phenoxy) is 2. The number of rotatable bonds is 6. The van der Waals surface area contributed by atoms with Crippen LogP contribution in [-0.4, -0.2) is 51.6 Å². The van der Waals surface area contributed by atoms with E-state index in [0.717, 1.165) is 41.2 Å². The minimum atomic E-state index is -0.213. The van der Waals surface area contributed by atoms with Crippen molar-refractivity contribution in [3.8, 4) is 11.6 Å². The molecular formula is C22H23FN6O2. The molecule has 0 N–H and O–H groups in total. The Hall–Kier alpha value is -3.46. The molecule has 160 valence electrons. The second kappa shape index (κ2) is 7.66. The highest BCUT2D eigenvalue weighted by atomic mass is 19.1. The van der Waals surface area contributed by atoms with Crippen molar-refractivity contribution in [3.63, 3.8) is 0 Å². The van der Waals surface area contributed by atoms with Crippen molar-refractivity contribution >= 4 is 16.9 Å². The van der Waals surface area contributed by atoms with Crippen molar-refractivity contribution < 1.29 is 13.9 Å². The van der Waals surface area contributed by atoms with E-state index in [1.807, 2.05) is 29.7 Å². The van der Waals surface area contributed by atoms with Crippen LogP contribution in [0.15, 0.2) is 42.7 Å². The smallest absolute Gasteiger partial charge is 0.232 e. The van der Waals surface area contributed by atoms with Crippen LogP contribution >= 0.6 is 0 Å². The highest BCUT2D eigenvalue weighted by Crippen LogP contribution is 2.33. The first-order valence-corrected chi connectivity index (χ1v) is 10.0. The Morgan fingerprint density at radius 2 is 1.97 bits per heavy atom. The van der Waals surface area contributed by atoms with Gasteiger partial charge >= 0.3 is 0 Å². The number of aromatic nitrogens is 5. The predicted molar refractivity (Wildman–Crippen MR) is 114 cm³/mol. The van der Waals surface area contributed by atoms with Gasteiger partial charge in [-0.25, -0.2) is 9.37 Å². The molecule has 1 aromatic carbocycles. The lowest BCUT2D eigenvalue weighted by Gasteiger charge is -2.41. The molecule has 5 rings (SSSR count). The lowest BCUT2D eigenvalue weighted by Crippen LogP contribution is -2.48. The van der Waals surface area contributed by atoms with E-state index in [-0.39, 0.29) is 11.9 Å². The fourth-order valence-electron chi connectivity index (χ4n) is 4.12. The third-order valence-electron chi connectivity index (χ3n) is 5.71. The Labute approximate surface area is 178 Å². The van der Waals surface area contributed by atoms with Gasteiger partial charge in [0, 0.05) is 43.4 Å². The van der Waals surface area contributed by atoms with Crippen molar-refractivity contribution in [2.75, 3.05) is 32.2 Å². The molecule has 0 unspecified atom stereocenters. The maximum Gasteiger partial charge on any atom is 0.232 e. The van der Waals surface area contributed by atoms with Gasteiger partial charge in [0.05, 0.1) is 25.0 Å². The summed E-state index contributed by atoms with van der Waals surface area (Å²) in [7, 11) is 3.22. The average molecular weight is 422 g/mol. The third-order valence-corrected chi connectivity index (χ3v) is 5.71. The van der Waals surface area contributed by atoms with Crippen LogP contribution < -0.4 is 9.64 Å². The van der Waals surface area contributed by atoms with Gasteiger partial charge in [0.15, 0.2) is 5.82 Å². The lowest BCUT2D eigenvalue weighted by molar-refractivity contribution is 0.176. The van der Waals surface area contributed by atoms with E-state index < -0.39 is 0 Å². The number of aryl methyl sites for hydroxylation is 1. The molecule has 4 aromatic rings. The summed E-state index contributed by atoms with van der Waals surface area (Å²) >= 11 is 0. The molecule has 0 spiro atoms. The summed E-state index contributed by atoms with van der Waals surface area (Å²) in [5.74, 6) is 1.78. The van der Waals surface area contributed by atoms with E-state index in [0.29, 0.717) is 18.3 Å². The summed E-state index contributed by atoms with van der Waals surface area (Å²) in [5, 5.41) is 9.70. The summed E-state index contributed by atoms with van der Waals surface area (Å²) in [6.45, 7) is 3.90. The van der Waals surface area contributed by atoms with Gasteiger partial charge in [0.25, 0.3) is 0 Å². The van der Waals surface area contributed by atoms with Crippen molar-refractivity contribution in [2.45, 2.75) is 19.6 Å². The predicted octanol–water partition coefficient (Wildman–Crippen LogP) is 3.28. The van der Waals surface area contributed by atoms with E-state index in [2.05, 4.69) is 30.8 Å². The van der Waals surface area contributed by atoms with Crippen LogP contribution in [0.25, 0.3) is 16.6 Å². The molecular weight excluding hydrogens is 399 g/mol. The number of halogens is 1. The fourth-order valence-corrected chi connectivity index (χ4v) is 4.12. The van der Waals surface area contributed by atoms with Crippen molar-refractivity contribution in [1.29, 1.82) is 0 Å². The molecule has 9 heteroatoms. The van der Waals surface area contributed by atoms with E-state index in [1.54, 1.807) is 26.5 Å². The maximum atomic E-state index is 13.7. The average Bonchev–Trinajstić information content (AvgIpc) is 3.29. The lowest BCUT2D eigenvalue weighted by atomic mass is 10.1. The van der Waals surface area contributed by atoms with Crippen molar-refractivity contribution in [3.05, 3.63) is 59.9 Å². The van der Waals surface area contributed by atoms with Gasteiger partial charge in [-0.1, -0.05) is 0 Å². The molecule has 0 saturated carbocycles. The number of benzene rings is 1. The van der Waals surface area contributed by atoms with Gasteiger partial charge < -0.3 is 18.9 Å². The number of pyridine rings is 1. The Morgan fingerprint density at radius 1 is 1.13 bits per heavy atom.